The van der Waals surface area contributed by atoms with Crippen molar-refractivity contribution < 1.29 is 19.1 Å². The number of aromatic nitrogens is 1. The highest BCUT2D eigenvalue weighted by Gasteiger charge is 2.23. The number of carbonyl (C=O) groups is 2. The highest BCUT2D eigenvalue weighted by Crippen LogP contribution is 2.25. The lowest BCUT2D eigenvalue weighted by Gasteiger charge is -2.29. The number of H-pyrrole nitrogens is 1. The molecule has 0 saturated heterocycles. The van der Waals surface area contributed by atoms with Gasteiger partial charge in [0.1, 0.15) is 0 Å². The Morgan fingerprint density at radius 1 is 1.06 bits per heavy atom. The number of anilines is 1. The molecule has 0 radical (unpaired) electrons. The Morgan fingerprint density at radius 3 is 2.71 bits per heavy atom. The number of amides is 2. The first-order valence-corrected chi connectivity index (χ1v) is 11.0. The van der Waals surface area contributed by atoms with E-state index < -0.39 is 5.76 Å². The number of aromatic amines is 1. The Kier molecular flexibility index (Phi) is 5.69. The molecule has 0 saturated carbocycles. The Morgan fingerprint density at radius 2 is 1.88 bits per heavy atom. The number of hydrogen-bond acceptors (Lipinski definition) is 5. The van der Waals surface area contributed by atoms with Gasteiger partial charge in [0.05, 0.1) is 12.1 Å². The summed E-state index contributed by atoms with van der Waals surface area (Å²) in [5.74, 6) is -1.04. The third-order valence-electron chi connectivity index (χ3n) is 5.91. The quantitative estimate of drug-likeness (QED) is 0.414. The second-order valence-corrected chi connectivity index (χ2v) is 8.51. The summed E-state index contributed by atoms with van der Waals surface area (Å²) in [6, 6.07) is 15.2. The number of nitrogens with one attached hydrogen (secondary N) is 2. The molecular formula is C25H20ClN3O5. The standard InChI is InChI=1S/C25H20ClN3O5/c26-20-5-4-19(10-18(20)13-30)27-23(31)15-2-1-14-7-8-29(12-17(14)9-15)24(32)16-3-6-21-22(11-16)34-25(33)28-21/h1-6,9-11,30H,7-8,12-13H2,(H,27,31)(H,28,33). The van der Waals surface area contributed by atoms with Crippen LogP contribution in [0.25, 0.3) is 11.1 Å². The zero-order valence-electron chi connectivity index (χ0n) is 17.9. The largest absolute Gasteiger partial charge is 0.417 e. The van der Waals surface area contributed by atoms with Gasteiger partial charge in [-0.25, -0.2) is 4.79 Å². The molecule has 34 heavy (non-hydrogen) atoms. The van der Waals surface area contributed by atoms with Crippen molar-refractivity contribution in [2.75, 3.05) is 11.9 Å². The lowest BCUT2D eigenvalue weighted by atomic mass is 9.96. The topological polar surface area (TPSA) is 116 Å². The summed E-state index contributed by atoms with van der Waals surface area (Å²) in [4.78, 5) is 41.6. The Labute approximate surface area is 198 Å². The average Bonchev–Trinajstić information content (AvgIpc) is 3.23. The number of benzene rings is 3. The van der Waals surface area contributed by atoms with Crippen molar-refractivity contribution in [3.63, 3.8) is 0 Å². The third kappa shape index (κ3) is 4.21. The minimum absolute atomic E-state index is 0.177. The van der Waals surface area contributed by atoms with Crippen molar-refractivity contribution in [2.45, 2.75) is 19.6 Å². The fourth-order valence-electron chi connectivity index (χ4n) is 4.11. The molecule has 0 spiro atoms. The van der Waals surface area contributed by atoms with E-state index in [9.17, 15) is 19.5 Å². The highest BCUT2D eigenvalue weighted by molar-refractivity contribution is 6.31. The van der Waals surface area contributed by atoms with E-state index in [4.69, 9.17) is 16.0 Å². The number of halogens is 1. The van der Waals surface area contributed by atoms with Crippen molar-refractivity contribution in [1.29, 1.82) is 0 Å². The molecule has 0 atom stereocenters. The van der Waals surface area contributed by atoms with E-state index in [2.05, 4.69) is 10.3 Å². The summed E-state index contributed by atoms with van der Waals surface area (Å²) in [6.07, 6.45) is 0.668. The van der Waals surface area contributed by atoms with E-state index in [1.807, 2.05) is 6.07 Å². The normalized spacial score (nSPS) is 13.1. The van der Waals surface area contributed by atoms with E-state index in [0.717, 1.165) is 11.1 Å². The fraction of sp³-hybridized carbons (Fsp3) is 0.160. The van der Waals surface area contributed by atoms with Gasteiger partial charge in [0.15, 0.2) is 5.58 Å². The van der Waals surface area contributed by atoms with Crippen LogP contribution in [0.2, 0.25) is 5.02 Å². The molecule has 0 fully saturated rings. The second kappa shape index (κ2) is 8.81. The third-order valence-corrected chi connectivity index (χ3v) is 6.28. The van der Waals surface area contributed by atoms with Crippen LogP contribution in [0, 0.1) is 0 Å². The van der Waals surface area contributed by atoms with Gasteiger partial charge in [-0.2, -0.15) is 0 Å². The van der Waals surface area contributed by atoms with Gasteiger partial charge in [-0.05, 0) is 71.6 Å². The molecule has 9 heteroatoms. The summed E-state index contributed by atoms with van der Waals surface area (Å²) in [7, 11) is 0. The zero-order valence-corrected chi connectivity index (χ0v) is 18.7. The molecule has 4 aromatic rings. The van der Waals surface area contributed by atoms with Crippen molar-refractivity contribution in [3.05, 3.63) is 98.0 Å². The maximum absolute atomic E-state index is 13.1. The van der Waals surface area contributed by atoms with Crippen LogP contribution in [0.1, 0.15) is 37.4 Å². The molecule has 172 valence electrons. The SMILES string of the molecule is O=C(Nc1ccc(Cl)c(CO)c1)c1ccc2c(c1)CN(C(=O)c1ccc3[nH]c(=O)oc3c1)CC2. The number of rotatable bonds is 4. The molecule has 0 bridgehead atoms. The lowest BCUT2D eigenvalue weighted by molar-refractivity contribution is 0.0734. The number of oxazole rings is 1. The number of aliphatic hydroxyl groups excluding tert-OH is 1. The van der Waals surface area contributed by atoms with E-state index in [-0.39, 0.29) is 18.4 Å². The molecular weight excluding hydrogens is 458 g/mol. The van der Waals surface area contributed by atoms with Crippen LogP contribution in [0.4, 0.5) is 5.69 Å². The van der Waals surface area contributed by atoms with E-state index >= 15 is 0 Å². The minimum atomic E-state index is -0.566. The fourth-order valence-corrected chi connectivity index (χ4v) is 4.29. The number of hydrogen-bond donors (Lipinski definition) is 3. The van der Waals surface area contributed by atoms with Gasteiger partial charge < -0.3 is 19.7 Å². The van der Waals surface area contributed by atoms with Crippen molar-refractivity contribution in [1.82, 2.24) is 9.88 Å². The number of nitrogens with zero attached hydrogens (tertiary/aromatic N) is 1. The Balaban J connectivity index is 1.34. The van der Waals surface area contributed by atoms with Gasteiger partial charge in [0.25, 0.3) is 11.8 Å². The molecule has 0 aliphatic carbocycles. The predicted molar refractivity (Wildman–Crippen MR) is 127 cm³/mol. The Bertz CT molecular complexity index is 1490. The molecule has 0 unspecified atom stereocenters. The predicted octanol–water partition coefficient (Wildman–Crippen LogP) is 3.72. The van der Waals surface area contributed by atoms with Gasteiger partial charge in [0, 0.05) is 34.9 Å². The molecule has 3 aromatic carbocycles. The first-order valence-electron chi connectivity index (χ1n) is 10.7. The summed E-state index contributed by atoms with van der Waals surface area (Å²) >= 11 is 6.02. The smallest absolute Gasteiger partial charge is 0.408 e. The van der Waals surface area contributed by atoms with E-state index in [1.165, 1.54) is 0 Å². The summed E-state index contributed by atoms with van der Waals surface area (Å²) < 4.78 is 5.07. The molecule has 8 nitrogen and oxygen atoms in total. The van der Waals surface area contributed by atoms with Crippen molar-refractivity contribution >= 4 is 40.2 Å². The number of fused-ring (bicyclic) bond motifs is 2. The van der Waals surface area contributed by atoms with Crippen LogP contribution in [0.5, 0.6) is 0 Å². The molecule has 3 N–H and O–H groups in total. The number of carbonyl (C=O) groups excluding carboxylic acids is 2. The second-order valence-electron chi connectivity index (χ2n) is 8.10. The molecule has 1 aromatic heterocycles. The van der Waals surface area contributed by atoms with Gasteiger partial charge in [-0.3, -0.25) is 14.6 Å². The molecule has 2 heterocycles. The van der Waals surface area contributed by atoms with Gasteiger partial charge in [-0.15, -0.1) is 0 Å². The minimum Gasteiger partial charge on any atom is -0.408 e. The zero-order chi connectivity index (χ0) is 23.8. The van der Waals surface area contributed by atoms with Crippen LogP contribution in [-0.2, 0) is 19.6 Å². The van der Waals surface area contributed by atoms with Crippen LogP contribution in [0.3, 0.4) is 0 Å². The molecule has 1 aliphatic heterocycles. The summed E-state index contributed by atoms with van der Waals surface area (Å²) in [6.45, 7) is 0.676. The van der Waals surface area contributed by atoms with Crippen molar-refractivity contribution in [3.8, 4) is 0 Å². The molecule has 5 rings (SSSR count). The van der Waals surface area contributed by atoms with Gasteiger partial charge >= 0.3 is 5.76 Å². The number of aliphatic hydroxyl groups is 1. The van der Waals surface area contributed by atoms with Gasteiger partial charge in [-0.1, -0.05) is 17.7 Å². The maximum Gasteiger partial charge on any atom is 0.417 e. The summed E-state index contributed by atoms with van der Waals surface area (Å²) in [5.41, 5.74) is 4.79. The molecule has 1 aliphatic rings. The maximum atomic E-state index is 13.1. The van der Waals surface area contributed by atoms with Crippen LogP contribution >= 0.6 is 11.6 Å². The lowest BCUT2D eigenvalue weighted by Crippen LogP contribution is -2.36. The first kappa shape index (κ1) is 21.9. The highest BCUT2D eigenvalue weighted by atomic mass is 35.5. The Hall–Kier alpha value is -3.88. The molecule has 2 amide bonds. The van der Waals surface area contributed by atoms with Crippen molar-refractivity contribution in [2.24, 2.45) is 0 Å². The monoisotopic (exact) mass is 477 g/mol. The van der Waals surface area contributed by atoms with Crippen LogP contribution < -0.4 is 11.1 Å². The van der Waals surface area contributed by atoms with Gasteiger partial charge in [0.2, 0.25) is 0 Å². The van der Waals surface area contributed by atoms with E-state index in [0.29, 0.717) is 58.0 Å². The first-order chi connectivity index (χ1) is 16.4. The van der Waals surface area contributed by atoms with Crippen LogP contribution in [-0.4, -0.2) is 33.3 Å². The van der Waals surface area contributed by atoms with Crippen LogP contribution in [0.15, 0.2) is 63.8 Å². The average molecular weight is 478 g/mol. The summed E-state index contributed by atoms with van der Waals surface area (Å²) in [5, 5.41) is 12.6. The van der Waals surface area contributed by atoms with E-state index in [1.54, 1.807) is 53.4 Å².